The zero-order valence-corrected chi connectivity index (χ0v) is 19.4. The molecule has 2 aromatic rings. The summed E-state index contributed by atoms with van der Waals surface area (Å²) in [5, 5.41) is 2.64. The molecule has 31 heavy (non-hydrogen) atoms. The van der Waals surface area contributed by atoms with Crippen LogP contribution in [0.3, 0.4) is 0 Å². The van der Waals surface area contributed by atoms with Gasteiger partial charge in [0.15, 0.2) is 17.0 Å². The van der Waals surface area contributed by atoms with Crippen LogP contribution in [0.25, 0.3) is 11.2 Å². The molecule has 0 radical (unpaired) electrons. The average molecular weight is 455 g/mol. The highest BCUT2D eigenvalue weighted by atomic mass is 31.1. The predicted octanol–water partition coefficient (Wildman–Crippen LogP) is 1.49. The Morgan fingerprint density at radius 1 is 1.39 bits per heavy atom. The van der Waals surface area contributed by atoms with Gasteiger partial charge in [-0.15, -0.1) is 0 Å². The quantitative estimate of drug-likeness (QED) is 0.419. The molecule has 1 unspecified atom stereocenters. The summed E-state index contributed by atoms with van der Waals surface area (Å²) in [6.07, 6.45) is 2.31. The molecule has 1 aliphatic rings. The number of carbonyl (C=O) groups is 1. The van der Waals surface area contributed by atoms with Crippen LogP contribution < -0.4 is 15.7 Å². The summed E-state index contributed by atoms with van der Waals surface area (Å²) in [6.45, 7) is 5.23. The molecule has 2 aromatic heterocycles. The van der Waals surface area contributed by atoms with Crippen molar-refractivity contribution in [3.63, 3.8) is 0 Å². The van der Waals surface area contributed by atoms with Crippen LogP contribution in [0.5, 0.6) is 0 Å². The number of anilines is 2. The number of imidazole rings is 1. The molecule has 0 bridgehead atoms. The van der Waals surface area contributed by atoms with Crippen LogP contribution >= 0.6 is 8.18 Å². The fraction of sp³-hybridized carbons (Fsp3) is 0.667. The van der Waals surface area contributed by atoms with E-state index in [1.165, 1.54) is 0 Å². The molecule has 0 saturated carbocycles. The standard InChI is InChI=1S/C18H30N7O5P/c1-10(2)29-17(26)11(3)23-31(27)28-8-12-6-7-13(30-12)25-9-20-14-15(24(4)5)21-18(19)22-16(14)25/h9-13,31H,6-8H2,1-5H3,(H,23,27)(H2,19,21,22)/t11-,12+,13-/m1/s1. The van der Waals surface area contributed by atoms with Gasteiger partial charge in [0.05, 0.1) is 25.1 Å². The number of hydrogen-bond acceptors (Lipinski definition) is 10. The molecule has 4 atom stereocenters. The van der Waals surface area contributed by atoms with Crippen LogP contribution in [0.4, 0.5) is 11.8 Å². The number of ether oxygens (including phenoxy) is 2. The molecular formula is C18H30N7O5P. The largest absolute Gasteiger partial charge is 0.462 e. The van der Waals surface area contributed by atoms with E-state index >= 15 is 0 Å². The third-order valence-corrected chi connectivity index (χ3v) is 5.78. The van der Waals surface area contributed by atoms with Crippen molar-refractivity contribution in [2.75, 3.05) is 31.3 Å². The number of hydrogen-bond donors (Lipinski definition) is 2. The maximum atomic E-state index is 12.2. The first-order chi connectivity index (χ1) is 14.7. The van der Waals surface area contributed by atoms with Gasteiger partial charge in [-0.1, -0.05) is 0 Å². The van der Waals surface area contributed by atoms with Crippen molar-refractivity contribution < 1.29 is 23.4 Å². The summed E-state index contributed by atoms with van der Waals surface area (Å²) in [5.41, 5.74) is 7.09. The van der Waals surface area contributed by atoms with Gasteiger partial charge in [0.25, 0.3) is 8.18 Å². The Bertz CT molecular complexity index is 951. The van der Waals surface area contributed by atoms with Crippen molar-refractivity contribution in [3.05, 3.63) is 6.33 Å². The first-order valence-corrected chi connectivity index (χ1v) is 11.4. The van der Waals surface area contributed by atoms with Crippen LogP contribution in [0, 0.1) is 0 Å². The maximum absolute atomic E-state index is 12.2. The molecule has 3 rings (SSSR count). The van der Waals surface area contributed by atoms with Crippen LogP contribution in [0.15, 0.2) is 6.33 Å². The molecule has 12 nitrogen and oxygen atoms in total. The van der Waals surface area contributed by atoms with Crippen molar-refractivity contribution in [2.45, 2.75) is 58.1 Å². The fourth-order valence-corrected chi connectivity index (χ4v) is 4.13. The molecule has 3 N–H and O–H groups in total. The highest BCUT2D eigenvalue weighted by Gasteiger charge is 2.29. The Balaban J connectivity index is 1.56. The van der Waals surface area contributed by atoms with E-state index in [4.69, 9.17) is 19.7 Å². The smallest absolute Gasteiger partial charge is 0.323 e. The van der Waals surface area contributed by atoms with Gasteiger partial charge in [-0.05, 0) is 33.6 Å². The minimum Gasteiger partial charge on any atom is -0.462 e. The summed E-state index contributed by atoms with van der Waals surface area (Å²) < 4.78 is 30.5. The lowest BCUT2D eigenvalue weighted by atomic mass is 10.2. The minimum absolute atomic E-state index is 0.139. The minimum atomic E-state index is -2.62. The number of aromatic nitrogens is 4. The molecular weight excluding hydrogens is 425 g/mol. The number of esters is 1. The summed E-state index contributed by atoms with van der Waals surface area (Å²) >= 11 is 0. The summed E-state index contributed by atoms with van der Waals surface area (Å²) in [6, 6.07) is -0.723. The second-order valence-electron chi connectivity index (χ2n) is 7.86. The SMILES string of the molecule is CC(C)OC(=O)[C@@H](C)N[PH](=O)OC[C@@H]1CC[C@H](n2cnc3c(N(C)C)nc(N)nc32)O1. The van der Waals surface area contributed by atoms with E-state index in [1.807, 2.05) is 23.6 Å². The van der Waals surface area contributed by atoms with Gasteiger partial charge in [0.1, 0.15) is 12.3 Å². The van der Waals surface area contributed by atoms with Crippen molar-refractivity contribution in [1.82, 2.24) is 24.6 Å². The first kappa shape index (κ1) is 23.4. The molecule has 0 aliphatic carbocycles. The van der Waals surface area contributed by atoms with E-state index in [2.05, 4.69) is 20.0 Å². The lowest BCUT2D eigenvalue weighted by Gasteiger charge is -2.17. The van der Waals surface area contributed by atoms with Crippen LogP contribution in [0.2, 0.25) is 0 Å². The van der Waals surface area contributed by atoms with Gasteiger partial charge in [0, 0.05) is 14.1 Å². The number of carbonyl (C=O) groups excluding carboxylic acids is 1. The number of nitrogens with two attached hydrogens (primary N) is 1. The molecule has 0 aromatic carbocycles. The maximum Gasteiger partial charge on any atom is 0.323 e. The van der Waals surface area contributed by atoms with Gasteiger partial charge in [-0.25, -0.2) is 10.1 Å². The summed E-state index contributed by atoms with van der Waals surface area (Å²) in [4.78, 5) is 26.6. The first-order valence-electron chi connectivity index (χ1n) is 10.1. The van der Waals surface area contributed by atoms with E-state index < -0.39 is 20.2 Å². The van der Waals surface area contributed by atoms with E-state index in [0.29, 0.717) is 29.8 Å². The van der Waals surface area contributed by atoms with Gasteiger partial charge in [-0.2, -0.15) is 9.97 Å². The average Bonchev–Trinajstić information content (AvgIpc) is 3.31. The molecule has 0 spiro atoms. The van der Waals surface area contributed by atoms with Gasteiger partial charge < -0.3 is 24.6 Å². The normalized spacial score (nSPS) is 20.8. The third kappa shape index (κ3) is 5.70. The topological polar surface area (TPSA) is 147 Å². The second kappa shape index (κ2) is 9.90. The zero-order chi connectivity index (χ0) is 22.7. The number of fused-ring (bicyclic) bond motifs is 1. The van der Waals surface area contributed by atoms with Crippen LogP contribution in [-0.2, 0) is 23.4 Å². The number of nitrogens with one attached hydrogen (secondary N) is 1. The summed E-state index contributed by atoms with van der Waals surface area (Å²) in [5.74, 6) is 0.319. The molecule has 1 aliphatic heterocycles. The van der Waals surface area contributed by atoms with Crippen molar-refractivity contribution in [1.29, 1.82) is 0 Å². The zero-order valence-electron chi connectivity index (χ0n) is 18.4. The molecule has 3 heterocycles. The van der Waals surface area contributed by atoms with Crippen molar-refractivity contribution >= 4 is 37.1 Å². The number of nitrogen functional groups attached to an aromatic ring is 1. The monoisotopic (exact) mass is 455 g/mol. The Labute approximate surface area is 181 Å². The molecule has 1 saturated heterocycles. The predicted molar refractivity (Wildman–Crippen MR) is 116 cm³/mol. The highest BCUT2D eigenvalue weighted by molar-refractivity contribution is 7.36. The highest BCUT2D eigenvalue weighted by Crippen LogP contribution is 2.33. The molecule has 0 amide bonds. The Morgan fingerprint density at radius 2 is 2.13 bits per heavy atom. The Kier molecular flexibility index (Phi) is 7.47. The van der Waals surface area contributed by atoms with Crippen LogP contribution in [0.1, 0.15) is 39.8 Å². The van der Waals surface area contributed by atoms with E-state index in [1.54, 1.807) is 27.1 Å². The van der Waals surface area contributed by atoms with Crippen molar-refractivity contribution in [2.24, 2.45) is 0 Å². The Morgan fingerprint density at radius 3 is 2.81 bits per heavy atom. The Hall–Kier alpha value is -2.27. The van der Waals surface area contributed by atoms with Gasteiger partial charge >= 0.3 is 5.97 Å². The second-order valence-corrected chi connectivity index (χ2v) is 9.02. The molecule has 13 heteroatoms. The lowest BCUT2D eigenvalue weighted by Crippen LogP contribution is -2.33. The fourth-order valence-electron chi connectivity index (χ4n) is 3.23. The lowest BCUT2D eigenvalue weighted by molar-refractivity contribution is -0.149. The summed E-state index contributed by atoms with van der Waals surface area (Å²) in [7, 11) is 1.10. The molecule has 1 fully saturated rings. The van der Waals surface area contributed by atoms with E-state index in [-0.39, 0.29) is 31.0 Å². The van der Waals surface area contributed by atoms with E-state index in [0.717, 1.165) is 0 Å². The van der Waals surface area contributed by atoms with Gasteiger partial charge in [-0.3, -0.25) is 13.9 Å². The van der Waals surface area contributed by atoms with Gasteiger partial charge in [0.2, 0.25) is 5.95 Å². The third-order valence-electron chi connectivity index (χ3n) is 4.68. The van der Waals surface area contributed by atoms with Crippen molar-refractivity contribution in [3.8, 4) is 0 Å². The number of nitrogens with zero attached hydrogens (tertiary/aromatic N) is 5. The van der Waals surface area contributed by atoms with Crippen LogP contribution in [-0.4, -0.2) is 64.4 Å². The van der Waals surface area contributed by atoms with E-state index in [9.17, 15) is 9.36 Å². The molecule has 172 valence electrons. The number of rotatable bonds is 9.